The standard InChI is InChI=1S/C14H20N2O3S/c1-10-4-2-6-14(8-10,12(17)18)16-13(19)15-9-11-5-3-7-20-11/h3,5,7,10H,2,4,6,8-9H2,1H3,(H,17,18)(H2,15,16,19). The molecule has 3 N–H and O–H groups in total. The zero-order valence-electron chi connectivity index (χ0n) is 11.5. The molecule has 2 atom stereocenters. The molecule has 0 aromatic carbocycles. The molecule has 1 aliphatic carbocycles. The van der Waals surface area contributed by atoms with Crippen LogP contribution in [0.2, 0.25) is 0 Å². The highest BCUT2D eigenvalue weighted by Gasteiger charge is 2.43. The van der Waals surface area contributed by atoms with Gasteiger partial charge in [-0.15, -0.1) is 11.3 Å². The van der Waals surface area contributed by atoms with Gasteiger partial charge in [-0.05, 0) is 30.2 Å². The van der Waals surface area contributed by atoms with Gasteiger partial charge in [-0.2, -0.15) is 0 Å². The quantitative estimate of drug-likeness (QED) is 0.799. The average molecular weight is 296 g/mol. The van der Waals surface area contributed by atoms with Gasteiger partial charge in [0.05, 0.1) is 6.54 Å². The van der Waals surface area contributed by atoms with Crippen molar-refractivity contribution in [2.24, 2.45) is 5.92 Å². The van der Waals surface area contributed by atoms with Crippen LogP contribution in [0.5, 0.6) is 0 Å². The Labute approximate surface area is 122 Å². The lowest BCUT2D eigenvalue weighted by molar-refractivity contribution is -0.146. The van der Waals surface area contributed by atoms with Crippen LogP contribution < -0.4 is 10.6 Å². The van der Waals surface area contributed by atoms with Gasteiger partial charge in [-0.25, -0.2) is 9.59 Å². The predicted molar refractivity (Wildman–Crippen MR) is 77.7 cm³/mol. The van der Waals surface area contributed by atoms with E-state index < -0.39 is 17.5 Å². The number of thiophene rings is 1. The van der Waals surface area contributed by atoms with E-state index in [-0.39, 0.29) is 0 Å². The Hall–Kier alpha value is -1.56. The Bertz CT molecular complexity index is 475. The number of carbonyl (C=O) groups excluding carboxylic acids is 1. The van der Waals surface area contributed by atoms with Crippen molar-refractivity contribution in [1.29, 1.82) is 0 Å². The highest BCUT2D eigenvalue weighted by molar-refractivity contribution is 7.09. The van der Waals surface area contributed by atoms with Crippen LogP contribution in [0.4, 0.5) is 4.79 Å². The molecule has 1 aromatic heterocycles. The molecular formula is C14H20N2O3S. The molecule has 0 aliphatic heterocycles. The summed E-state index contributed by atoms with van der Waals surface area (Å²) in [4.78, 5) is 24.5. The molecule has 2 rings (SSSR count). The number of urea groups is 1. The number of amides is 2. The first-order chi connectivity index (χ1) is 9.52. The number of rotatable bonds is 4. The van der Waals surface area contributed by atoms with Crippen LogP contribution in [-0.4, -0.2) is 22.6 Å². The molecule has 1 aromatic rings. The van der Waals surface area contributed by atoms with Crippen molar-refractivity contribution < 1.29 is 14.7 Å². The predicted octanol–water partition coefficient (Wildman–Crippen LogP) is 2.58. The first-order valence-electron chi connectivity index (χ1n) is 6.84. The molecule has 110 valence electrons. The molecule has 5 nitrogen and oxygen atoms in total. The number of carboxylic acids is 1. The van der Waals surface area contributed by atoms with E-state index in [1.165, 1.54) is 0 Å². The summed E-state index contributed by atoms with van der Waals surface area (Å²) in [5.41, 5.74) is -1.11. The molecule has 0 saturated heterocycles. The summed E-state index contributed by atoms with van der Waals surface area (Å²) in [7, 11) is 0. The molecular weight excluding hydrogens is 276 g/mol. The Morgan fingerprint density at radius 3 is 2.95 bits per heavy atom. The lowest BCUT2D eigenvalue weighted by atomic mass is 9.76. The number of carbonyl (C=O) groups is 2. The number of carboxylic acid groups (broad SMARTS) is 1. The van der Waals surface area contributed by atoms with Crippen LogP contribution in [0.1, 0.15) is 37.5 Å². The summed E-state index contributed by atoms with van der Waals surface area (Å²) in [5, 5.41) is 16.8. The third-order valence-electron chi connectivity index (χ3n) is 3.76. The molecule has 0 radical (unpaired) electrons. The second-order valence-corrected chi connectivity index (χ2v) is 6.51. The van der Waals surface area contributed by atoms with Gasteiger partial charge in [-0.1, -0.05) is 25.8 Å². The second-order valence-electron chi connectivity index (χ2n) is 5.48. The van der Waals surface area contributed by atoms with E-state index >= 15 is 0 Å². The van der Waals surface area contributed by atoms with Gasteiger partial charge in [0.25, 0.3) is 0 Å². The molecule has 2 unspecified atom stereocenters. The molecule has 0 bridgehead atoms. The highest BCUT2D eigenvalue weighted by atomic mass is 32.1. The van der Waals surface area contributed by atoms with Crippen LogP contribution in [0.15, 0.2) is 17.5 Å². The van der Waals surface area contributed by atoms with Crippen molar-refractivity contribution in [3.05, 3.63) is 22.4 Å². The Morgan fingerprint density at radius 1 is 1.55 bits per heavy atom. The van der Waals surface area contributed by atoms with E-state index in [9.17, 15) is 14.7 Å². The number of hydrogen-bond acceptors (Lipinski definition) is 3. The molecule has 2 amide bonds. The summed E-state index contributed by atoms with van der Waals surface area (Å²) in [6.07, 6.45) is 2.85. The maximum atomic E-state index is 11.9. The minimum atomic E-state index is -1.11. The average Bonchev–Trinajstić information content (AvgIpc) is 2.89. The minimum Gasteiger partial charge on any atom is -0.480 e. The molecule has 0 spiro atoms. The normalized spacial score (nSPS) is 25.9. The minimum absolute atomic E-state index is 0.317. The van der Waals surface area contributed by atoms with Crippen molar-refractivity contribution >= 4 is 23.3 Å². The van der Waals surface area contributed by atoms with Crippen molar-refractivity contribution in [3.8, 4) is 0 Å². The number of nitrogens with one attached hydrogen (secondary N) is 2. The van der Waals surface area contributed by atoms with Crippen LogP contribution >= 0.6 is 11.3 Å². The summed E-state index contributed by atoms with van der Waals surface area (Å²) in [6, 6.07) is 3.44. The maximum Gasteiger partial charge on any atom is 0.329 e. The zero-order chi connectivity index (χ0) is 14.6. The van der Waals surface area contributed by atoms with Gasteiger partial charge in [0.1, 0.15) is 5.54 Å². The second kappa shape index (κ2) is 6.26. The van der Waals surface area contributed by atoms with Crippen LogP contribution in [-0.2, 0) is 11.3 Å². The van der Waals surface area contributed by atoms with Crippen LogP contribution in [0.25, 0.3) is 0 Å². The topological polar surface area (TPSA) is 78.4 Å². The van der Waals surface area contributed by atoms with Crippen molar-refractivity contribution in [3.63, 3.8) is 0 Å². The van der Waals surface area contributed by atoms with E-state index in [1.807, 2.05) is 24.4 Å². The summed E-state index contributed by atoms with van der Waals surface area (Å²) >= 11 is 1.56. The number of aliphatic carboxylic acids is 1. The summed E-state index contributed by atoms with van der Waals surface area (Å²) in [6.45, 7) is 2.46. The Kier molecular flexibility index (Phi) is 4.65. The van der Waals surface area contributed by atoms with Crippen LogP contribution in [0, 0.1) is 5.92 Å². The fourth-order valence-corrected chi connectivity index (χ4v) is 3.40. The van der Waals surface area contributed by atoms with E-state index in [4.69, 9.17) is 0 Å². The first-order valence-corrected chi connectivity index (χ1v) is 7.71. The molecule has 20 heavy (non-hydrogen) atoms. The molecule has 1 fully saturated rings. The largest absolute Gasteiger partial charge is 0.480 e. The van der Waals surface area contributed by atoms with Crippen molar-refractivity contribution in [1.82, 2.24) is 10.6 Å². The van der Waals surface area contributed by atoms with Crippen molar-refractivity contribution in [2.45, 2.75) is 44.7 Å². The molecule has 1 aliphatic rings. The van der Waals surface area contributed by atoms with Crippen LogP contribution in [0.3, 0.4) is 0 Å². The maximum absolute atomic E-state index is 11.9. The molecule has 6 heteroatoms. The monoisotopic (exact) mass is 296 g/mol. The Morgan fingerprint density at radius 2 is 2.35 bits per heavy atom. The zero-order valence-corrected chi connectivity index (χ0v) is 12.3. The van der Waals surface area contributed by atoms with Gasteiger partial charge in [0.15, 0.2) is 0 Å². The first kappa shape index (κ1) is 14.8. The van der Waals surface area contributed by atoms with E-state index in [0.29, 0.717) is 25.3 Å². The van der Waals surface area contributed by atoms with Crippen molar-refractivity contribution in [2.75, 3.05) is 0 Å². The smallest absolute Gasteiger partial charge is 0.329 e. The fraction of sp³-hybridized carbons (Fsp3) is 0.571. The van der Waals surface area contributed by atoms with Gasteiger partial charge in [0, 0.05) is 4.88 Å². The van der Waals surface area contributed by atoms with E-state index in [2.05, 4.69) is 10.6 Å². The molecule has 1 heterocycles. The van der Waals surface area contributed by atoms with Gasteiger partial charge in [-0.3, -0.25) is 0 Å². The van der Waals surface area contributed by atoms with E-state index in [1.54, 1.807) is 11.3 Å². The third-order valence-corrected chi connectivity index (χ3v) is 4.64. The summed E-state index contributed by atoms with van der Waals surface area (Å²) < 4.78 is 0. The molecule has 1 saturated carbocycles. The van der Waals surface area contributed by atoms with Gasteiger partial charge in [0.2, 0.25) is 0 Å². The van der Waals surface area contributed by atoms with E-state index in [0.717, 1.165) is 17.7 Å². The van der Waals surface area contributed by atoms with Gasteiger partial charge >= 0.3 is 12.0 Å². The SMILES string of the molecule is CC1CCCC(NC(=O)NCc2cccs2)(C(=O)O)C1. The lowest BCUT2D eigenvalue weighted by Gasteiger charge is -2.36. The lowest BCUT2D eigenvalue weighted by Crippen LogP contribution is -2.58. The third kappa shape index (κ3) is 3.50. The fourth-order valence-electron chi connectivity index (χ4n) is 2.75. The Balaban J connectivity index is 1.94. The number of hydrogen-bond donors (Lipinski definition) is 3. The summed E-state index contributed by atoms with van der Waals surface area (Å²) in [5.74, 6) is -0.618. The highest BCUT2D eigenvalue weighted by Crippen LogP contribution is 2.32. The van der Waals surface area contributed by atoms with Gasteiger partial charge < -0.3 is 15.7 Å².